The summed E-state index contributed by atoms with van der Waals surface area (Å²) in [5.74, 6) is -0.755. The number of rotatable bonds is 4. The number of halogens is 1. The van der Waals surface area contributed by atoms with Gasteiger partial charge in [0.1, 0.15) is 4.88 Å². The Hall–Kier alpha value is -3.75. The van der Waals surface area contributed by atoms with Crippen molar-refractivity contribution in [2.24, 2.45) is 7.05 Å². The molecule has 2 aromatic carbocycles. The Balaban J connectivity index is 1.55. The number of thiophene rings is 1. The molecule has 0 radical (unpaired) electrons. The molecule has 0 aliphatic heterocycles. The van der Waals surface area contributed by atoms with E-state index in [4.69, 9.17) is 21.3 Å². The number of aromatic nitrogens is 3. The Kier molecular flexibility index (Phi) is 5.55. The van der Waals surface area contributed by atoms with E-state index in [-0.39, 0.29) is 5.91 Å². The van der Waals surface area contributed by atoms with E-state index in [0.717, 1.165) is 32.2 Å². The van der Waals surface area contributed by atoms with E-state index in [1.54, 1.807) is 35.1 Å². The van der Waals surface area contributed by atoms with Crippen molar-refractivity contribution in [3.05, 3.63) is 75.9 Å². The molecule has 0 bridgehead atoms. The summed E-state index contributed by atoms with van der Waals surface area (Å²) in [5, 5.41) is 9.11. The maximum absolute atomic E-state index is 13.4. The number of carbonyl (C=O) groups is 2. The minimum atomic E-state index is -0.488. The summed E-state index contributed by atoms with van der Waals surface area (Å²) in [4.78, 5) is 30.5. The number of fused-ring (bicyclic) bond motifs is 2. The van der Waals surface area contributed by atoms with E-state index in [1.807, 2.05) is 38.2 Å². The number of anilines is 1. The molecule has 0 saturated heterocycles. The molecule has 0 fully saturated rings. The van der Waals surface area contributed by atoms with Gasteiger partial charge in [-0.3, -0.25) is 9.48 Å². The van der Waals surface area contributed by atoms with Gasteiger partial charge in [-0.25, -0.2) is 9.78 Å². The van der Waals surface area contributed by atoms with Gasteiger partial charge in [0.2, 0.25) is 0 Å². The summed E-state index contributed by atoms with van der Waals surface area (Å²) >= 11 is 7.57. The number of hydrogen-bond acceptors (Lipinski definition) is 6. The molecule has 7 nitrogen and oxygen atoms in total. The molecule has 1 amide bonds. The summed E-state index contributed by atoms with van der Waals surface area (Å²) in [6.45, 7) is 1.96. The Morgan fingerprint density at radius 1 is 1.12 bits per heavy atom. The predicted octanol–water partition coefficient (Wildman–Crippen LogP) is 5.85. The number of benzene rings is 2. The third-order valence-electron chi connectivity index (χ3n) is 5.73. The fourth-order valence-electron chi connectivity index (χ4n) is 3.82. The summed E-state index contributed by atoms with van der Waals surface area (Å²) in [7, 11) is 3.18. The molecule has 3 heterocycles. The molecule has 170 valence electrons. The van der Waals surface area contributed by atoms with E-state index >= 15 is 0 Å². The molecule has 0 spiro atoms. The highest BCUT2D eigenvalue weighted by Gasteiger charge is 2.19. The fraction of sp³-hybridized carbons (Fsp3) is 0.120. The third-order valence-corrected chi connectivity index (χ3v) is 7.37. The molecular weight excluding hydrogens is 472 g/mol. The summed E-state index contributed by atoms with van der Waals surface area (Å²) in [6.07, 6.45) is 1.75. The molecule has 3 aromatic heterocycles. The van der Waals surface area contributed by atoms with E-state index in [2.05, 4.69) is 10.4 Å². The molecule has 0 aliphatic carbocycles. The second kappa shape index (κ2) is 8.55. The van der Waals surface area contributed by atoms with Crippen molar-refractivity contribution in [2.75, 3.05) is 12.4 Å². The molecule has 0 atom stereocenters. The summed E-state index contributed by atoms with van der Waals surface area (Å²) in [5.41, 5.74) is 4.31. The molecule has 1 N–H and O–H groups in total. The normalized spacial score (nSPS) is 11.2. The highest BCUT2D eigenvalue weighted by Crippen LogP contribution is 2.37. The van der Waals surface area contributed by atoms with Crippen LogP contribution in [0.1, 0.15) is 25.7 Å². The molecular formula is C25H19ClN4O3S. The van der Waals surface area contributed by atoms with E-state index in [0.29, 0.717) is 26.8 Å². The number of ether oxygens (including phenoxy) is 1. The smallest absolute Gasteiger partial charge is 0.349 e. The number of carbonyl (C=O) groups excluding carboxylic acids is 2. The van der Waals surface area contributed by atoms with Crippen molar-refractivity contribution < 1.29 is 14.3 Å². The van der Waals surface area contributed by atoms with Crippen LogP contribution in [0.2, 0.25) is 5.02 Å². The van der Waals surface area contributed by atoms with Crippen LogP contribution < -0.4 is 5.32 Å². The monoisotopic (exact) mass is 490 g/mol. The van der Waals surface area contributed by atoms with Gasteiger partial charge < -0.3 is 10.1 Å². The van der Waals surface area contributed by atoms with E-state index in [9.17, 15) is 9.59 Å². The lowest BCUT2D eigenvalue weighted by Crippen LogP contribution is -2.13. The number of nitrogens with zero attached hydrogens (tertiary/aromatic N) is 3. The first kappa shape index (κ1) is 22.1. The lowest BCUT2D eigenvalue weighted by Gasteiger charge is -2.11. The second-order valence-corrected chi connectivity index (χ2v) is 9.17. The average molecular weight is 491 g/mol. The first-order chi connectivity index (χ1) is 16.4. The molecule has 5 rings (SSSR count). The zero-order chi connectivity index (χ0) is 24.0. The van der Waals surface area contributed by atoms with Crippen LogP contribution in [0, 0.1) is 6.92 Å². The predicted molar refractivity (Wildman–Crippen MR) is 135 cm³/mol. The lowest BCUT2D eigenvalue weighted by atomic mass is 10.0. The zero-order valence-electron chi connectivity index (χ0n) is 18.5. The second-order valence-electron chi connectivity index (χ2n) is 7.74. The summed E-state index contributed by atoms with van der Waals surface area (Å²) < 4.78 is 7.35. The number of pyridine rings is 1. The highest BCUT2D eigenvalue weighted by molar-refractivity contribution is 7.21. The number of hydrogen-bond donors (Lipinski definition) is 1. The Morgan fingerprint density at radius 3 is 2.65 bits per heavy atom. The fourth-order valence-corrected chi connectivity index (χ4v) is 5.28. The van der Waals surface area contributed by atoms with Gasteiger partial charge in [-0.2, -0.15) is 5.10 Å². The largest absolute Gasteiger partial charge is 0.465 e. The lowest BCUT2D eigenvalue weighted by molar-refractivity contribution is 0.0606. The molecule has 9 heteroatoms. The maximum atomic E-state index is 13.4. The highest BCUT2D eigenvalue weighted by atomic mass is 35.5. The van der Waals surface area contributed by atoms with E-state index in [1.165, 1.54) is 18.4 Å². The number of para-hydroxylation sites is 1. The van der Waals surface area contributed by atoms with Crippen LogP contribution >= 0.6 is 22.9 Å². The topological polar surface area (TPSA) is 86.1 Å². The zero-order valence-corrected chi connectivity index (χ0v) is 20.1. The van der Waals surface area contributed by atoms with Crippen LogP contribution in [0.25, 0.3) is 32.2 Å². The van der Waals surface area contributed by atoms with Crippen molar-refractivity contribution in [1.29, 1.82) is 0 Å². The van der Waals surface area contributed by atoms with Crippen molar-refractivity contribution >= 4 is 61.5 Å². The first-order valence-corrected chi connectivity index (χ1v) is 11.6. The van der Waals surface area contributed by atoms with Gasteiger partial charge in [0.05, 0.1) is 35.1 Å². The van der Waals surface area contributed by atoms with Crippen molar-refractivity contribution in [1.82, 2.24) is 14.8 Å². The van der Waals surface area contributed by atoms with Crippen LogP contribution in [-0.4, -0.2) is 33.8 Å². The van der Waals surface area contributed by atoms with Gasteiger partial charge in [0, 0.05) is 39.5 Å². The van der Waals surface area contributed by atoms with Gasteiger partial charge in [-0.05, 0) is 37.3 Å². The molecule has 5 aromatic rings. The van der Waals surface area contributed by atoms with Crippen LogP contribution in [0.4, 0.5) is 5.69 Å². The van der Waals surface area contributed by atoms with Gasteiger partial charge in [0.25, 0.3) is 5.91 Å². The van der Waals surface area contributed by atoms with Gasteiger partial charge in [-0.15, -0.1) is 11.3 Å². The number of nitrogens with one attached hydrogen (secondary N) is 1. The molecule has 0 saturated carbocycles. The molecule has 34 heavy (non-hydrogen) atoms. The van der Waals surface area contributed by atoms with Crippen LogP contribution in [0.15, 0.2) is 54.7 Å². The number of esters is 1. The van der Waals surface area contributed by atoms with E-state index < -0.39 is 5.97 Å². The minimum absolute atomic E-state index is 0.267. The van der Waals surface area contributed by atoms with Gasteiger partial charge in [-0.1, -0.05) is 29.8 Å². The Bertz CT molecular complexity index is 1610. The average Bonchev–Trinajstić information content (AvgIpc) is 3.36. The Labute approximate surface area is 203 Å². The number of amides is 1. The SMILES string of the molecule is COC(=O)c1sc2cc(NC(=O)c3cc(-c4cnn(C)c4C)nc4ccccc34)ccc2c1Cl. The van der Waals surface area contributed by atoms with Crippen LogP contribution in [0.3, 0.4) is 0 Å². The molecule has 0 unspecified atom stereocenters. The third kappa shape index (κ3) is 3.70. The van der Waals surface area contributed by atoms with Crippen molar-refractivity contribution in [3.8, 4) is 11.3 Å². The van der Waals surface area contributed by atoms with Crippen LogP contribution in [0.5, 0.6) is 0 Å². The standard InChI is InChI=1S/C25H19ClN4O3S/c1-13-18(12-27-30(13)2)20-11-17(15-6-4-5-7-19(15)29-20)24(31)28-14-8-9-16-21(10-14)34-23(22(16)26)25(32)33-3/h4-12H,1-3H3,(H,28,31). The maximum Gasteiger partial charge on any atom is 0.349 e. The molecule has 0 aliphatic rings. The van der Waals surface area contributed by atoms with Crippen molar-refractivity contribution in [2.45, 2.75) is 6.92 Å². The quantitative estimate of drug-likeness (QED) is 0.319. The van der Waals surface area contributed by atoms with Gasteiger partial charge in [0.15, 0.2) is 0 Å². The minimum Gasteiger partial charge on any atom is -0.465 e. The first-order valence-electron chi connectivity index (χ1n) is 10.4. The number of methoxy groups -OCH3 is 1. The Morgan fingerprint density at radius 2 is 1.91 bits per heavy atom. The number of aryl methyl sites for hydroxylation is 1. The van der Waals surface area contributed by atoms with Crippen LogP contribution in [-0.2, 0) is 11.8 Å². The van der Waals surface area contributed by atoms with Crippen molar-refractivity contribution in [3.63, 3.8) is 0 Å². The van der Waals surface area contributed by atoms with Gasteiger partial charge >= 0.3 is 5.97 Å². The summed E-state index contributed by atoms with van der Waals surface area (Å²) in [6, 6.07) is 14.7.